The number of hydrogen-bond donors (Lipinski definition) is 1. The van der Waals surface area contributed by atoms with E-state index in [0.717, 1.165) is 17.5 Å². The first kappa shape index (κ1) is 13.2. The molecule has 0 fully saturated rings. The molecule has 16 heavy (non-hydrogen) atoms. The Balaban J connectivity index is 3.02. The molecule has 2 heteroatoms. The summed E-state index contributed by atoms with van der Waals surface area (Å²) in [6.45, 7) is 6.31. The van der Waals surface area contributed by atoms with E-state index < -0.39 is 5.67 Å². The maximum atomic E-state index is 14.5. The number of rotatable bonds is 5. The Hall–Kier alpha value is -0.890. The van der Waals surface area contributed by atoms with Gasteiger partial charge >= 0.3 is 0 Å². The Bertz CT molecular complexity index is 331. The van der Waals surface area contributed by atoms with Crippen molar-refractivity contribution in [2.45, 2.75) is 32.9 Å². The largest absolute Gasteiger partial charge is 0.316 e. The summed E-state index contributed by atoms with van der Waals surface area (Å²) in [6, 6.07) is 7.82. The molecule has 1 rings (SSSR count). The SMILES string of the molecule is CNCC(C)(F)c1ccccc1CC(C)C. The van der Waals surface area contributed by atoms with E-state index in [-0.39, 0.29) is 0 Å². The van der Waals surface area contributed by atoms with Gasteiger partial charge in [-0.2, -0.15) is 0 Å². The minimum atomic E-state index is -1.29. The maximum absolute atomic E-state index is 14.5. The van der Waals surface area contributed by atoms with E-state index in [4.69, 9.17) is 0 Å². The highest BCUT2D eigenvalue weighted by molar-refractivity contribution is 5.32. The van der Waals surface area contributed by atoms with E-state index >= 15 is 0 Å². The highest BCUT2D eigenvalue weighted by atomic mass is 19.1. The average Bonchev–Trinajstić information content (AvgIpc) is 2.17. The van der Waals surface area contributed by atoms with Crippen LogP contribution in [-0.2, 0) is 12.1 Å². The summed E-state index contributed by atoms with van der Waals surface area (Å²) in [5.41, 5.74) is 0.649. The van der Waals surface area contributed by atoms with Gasteiger partial charge in [0.2, 0.25) is 0 Å². The van der Waals surface area contributed by atoms with Crippen molar-refractivity contribution in [3.8, 4) is 0 Å². The van der Waals surface area contributed by atoms with Gasteiger partial charge in [-0.15, -0.1) is 0 Å². The lowest BCUT2D eigenvalue weighted by Gasteiger charge is -2.24. The van der Waals surface area contributed by atoms with E-state index in [9.17, 15) is 4.39 Å². The van der Waals surface area contributed by atoms with Crippen molar-refractivity contribution in [1.82, 2.24) is 5.32 Å². The number of likely N-dealkylation sites (N-methyl/N-ethyl adjacent to an activating group) is 1. The number of benzene rings is 1. The van der Waals surface area contributed by atoms with Gasteiger partial charge in [0.25, 0.3) is 0 Å². The molecular weight excluding hydrogens is 201 g/mol. The first-order chi connectivity index (χ1) is 7.47. The summed E-state index contributed by atoms with van der Waals surface area (Å²) in [7, 11) is 1.78. The van der Waals surface area contributed by atoms with Gasteiger partial charge in [-0.1, -0.05) is 38.1 Å². The molecule has 0 amide bonds. The second-order valence-electron chi connectivity index (χ2n) is 4.98. The van der Waals surface area contributed by atoms with Crippen LogP contribution in [0, 0.1) is 5.92 Å². The van der Waals surface area contributed by atoms with Crippen LogP contribution in [0.2, 0.25) is 0 Å². The van der Waals surface area contributed by atoms with Crippen LogP contribution in [-0.4, -0.2) is 13.6 Å². The van der Waals surface area contributed by atoms with Gasteiger partial charge in [0.05, 0.1) is 0 Å². The third-order valence-corrected chi connectivity index (χ3v) is 2.72. The second-order valence-corrected chi connectivity index (χ2v) is 4.98. The fourth-order valence-corrected chi connectivity index (χ4v) is 2.07. The van der Waals surface area contributed by atoms with E-state index in [0.29, 0.717) is 12.5 Å². The van der Waals surface area contributed by atoms with E-state index in [2.05, 4.69) is 19.2 Å². The number of hydrogen-bond acceptors (Lipinski definition) is 1. The predicted octanol–water partition coefficient (Wildman–Crippen LogP) is 3.29. The molecule has 0 bridgehead atoms. The van der Waals surface area contributed by atoms with Crippen LogP contribution in [0.25, 0.3) is 0 Å². The minimum Gasteiger partial charge on any atom is -0.316 e. The number of halogens is 1. The molecule has 0 saturated carbocycles. The zero-order valence-corrected chi connectivity index (χ0v) is 10.7. The summed E-state index contributed by atoms with van der Waals surface area (Å²) in [5, 5.41) is 2.91. The molecule has 0 aromatic heterocycles. The molecule has 1 aromatic rings. The molecule has 1 nitrogen and oxygen atoms in total. The van der Waals surface area contributed by atoms with E-state index in [1.807, 2.05) is 24.3 Å². The van der Waals surface area contributed by atoms with Gasteiger partial charge in [-0.25, -0.2) is 4.39 Å². The van der Waals surface area contributed by atoms with Gasteiger partial charge < -0.3 is 5.32 Å². The van der Waals surface area contributed by atoms with Crippen LogP contribution < -0.4 is 5.32 Å². The van der Waals surface area contributed by atoms with Gasteiger partial charge in [0.1, 0.15) is 5.67 Å². The molecule has 0 saturated heterocycles. The van der Waals surface area contributed by atoms with Crippen molar-refractivity contribution in [1.29, 1.82) is 0 Å². The Morgan fingerprint density at radius 1 is 1.31 bits per heavy atom. The molecule has 0 radical (unpaired) electrons. The second kappa shape index (κ2) is 5.44. The Morgan fingerprint density at radius 2 is 1.94 bits per heavy atom. The normalized spacial score (nSPS) is 15.1. The van der Waals surface area contributed by atoms with Crippen molar-refractivity contribution >= 4 is 0 Å². The van der Waals surface area contributed by atoms with Crippen LogP contribution in [0.1, 0.15) is 31.9 Å². The lowest BCUT2D eigenvalue weighted by atomic mass is 9.89. The average molecular weight is 223 g/mol. The predicted molar refractivity (Wildman–Crippen MR) is 67.4 cm³/mol. The molecule has 1 N–H and O–H groups in total. The molecule has 0 spiro atoms. The lowest BCUT2D eigenvalue weighted by molar-refractivity contribution is 0.189. The first-order valence-electron chi connectivity index (χ1n) is 5.89. The van der Waals surface area contributed by atoms with Crippen molar-refractivity contribution in [3.63, 3.8) is 0 Å². The molecule has 0 heterocycles. The van der Waals surface area contributed by atoms with Gasteiger partial charge in [0.15, 0.2) is 0 Å². The number of nitrogens with one attached hydrogen (secondary N) is 1. The Labute approximate surface area is 98.1 Å². The summed E-state index contributed by atoms with van der Waals surface area (Å²) in [6.07, 6.45) is 0.930. The topological polar surface area (TPSA) is 12.0 Å². The molecule has 90 valence electrons. The van der Waals surface area contributed by atoms with Crippen LogP contribution >= 0.6 is 0 Å². The highest BCUT2D eigenvalue weighted by Gasteiger charge is 2.27. The van der Waals surface area contributed by atoms with Crippen LogP contribution in [0.4, 0.5) is 4.39 Å². The molecule has 1 atom stereocenters. The van der Waals surface area contributed by atoms with Crippen LogP contribution in [0.15, 0.2) is 24.3 Å². The highest BCUT2D eigenvalue weighted by Crippen LogP contribution is 2.29. The van der Waals surface area contributed by atoms with Crippen molar-refractivity contribution in [2.75, 3.05) is 13.6 Å². The zero-order valence-electron chi connectivity index (χ0n) is 10.7. The molecule has 1 aromatic carbocycles. The molecule has 0 aliphatic rings. The van der Waals surface area contributed by atoms with Crippen molar-refractivity contribution < 1.29 is 4.39 Å². The first-order valence-corrected chi connectivity index (χ1v) is 5.89. The smallest absolute Gasteiger partial charge is 0.145 e. The standard InChI is InChI=1S/C14H22FN/c1-11(2)9-12-7-5-6-8-13(12)14(3,15)10-16-4/h5-8,11,16H,9-10H2,1-4H3. The molecule has 0 aliphatic carbocycles. The molecular formula is C14H22FN. The fourth-order valence-electron chi connectivity index (χ4n) is 2.07. The lowest BCUT2D eigenvalue weighted by Crippen LogP contribution is -2.30. The van der Waals surface area contributed by atoms with Crippen molar-refractivity contribution in [2.24, 2.45) is 5.92 Å². The quantitative estimate of drug-likeness (QED) is 0.807. The van der Waals surface area contributed by atoms with Crippen molar-refractivity contribution in [3.05, 3.63) is 35.4 Å². The fraction of sp³-hybridized carbons (Fsp3) is 0.571. The third-order valence-electron chi connectivity index (χ3n) is 2.72. The zero-order chi connectivity index (χ0) is 12.2. The summed E-state index contributed by atoms with van der Waals surface area (Å²) >= 11 is 0. The Kier molecular flexibility index (Phi) is 4.48. The summed E-state index contributed by atoms with van der Waals surface area (Å²) in [4.78, 5) is 0. The van der Waals surface area contributed by atoms with Gasteiger partial charge in [-0.05, 0) is 37.4 Å². The maximum Gasteiger partial charge on any atom is 0.145 e. The number of alkyl halides is 1. The molecule has 0 aliphatic heterocycles. The Morgan fingerprint density at radius 3 is 2.50 bits per heavy atom. The van der Waals surface area contributed by atoms with Crippen LogP contribution in [0.5, 0.6) is 0 Å². The summed E-state index contributed by atoms with van der Waals surface area (Å²) < 4.78 is 14.5. The summed E-state index contributed by atoms with van der Waals surface area (Å²) in [5.74, 6) is 0.548. The van der Waals surface area contributed by atoms with E-state index in [1.165, 1.54) is 0 Å². The molecule has 1 unspecified atom stereocenters. The van der Waals surface area contributed by atoms with Gasteiger partial charge in [0, 0.05) is 6.54 Å². The third kappa shape index (κ3) is 3.31. The van der Waals surface area contributed by atoms with Gasteiger partial charge in [-0.3, -0.25) is 0 Å². The van der Waals surface area contributed by atoms with E-state index in [1.54, 1.807) is 14.0 Å². The minimum absolute atomic E-state index is 0.349. The monoisotopic (exact) mass is 223 g/mol. The van der Waals surface area contributed by atoms with Crippen LogP contribution in [0.3, 0.4) is 0 Å².